The molecule has 0 bridgehead atoms. The summed E-state index contributed by atoms with van der Waals surface area (Å²) in [6.45, 7) is 9.86. The lowest BCUT2D eigenvalue weighted by atomic mass is 10.2. The molecule has 0 aliphatic heterocycles. The van der Waals surface area contributed by atoms with Crippen LogP contribution in [0.3, 0.4) is 0 Å². The minimum absolute atomic E-state index is 0.592. The molecule has 0 unspecified atom stereocenters. The Morgan fingerprint density at radius 3 is 2.83 bits per heavy atom. The van der Waals surface area contributed by atoms with Crippen molar-refractivity contribution in [3.05, 3.63) is 30.9 Å². The largest absolute Gasteiger partial charge is 0.493 e. The summed E-state index contributed by atoms with van der Waals surface area (Å²) < 4.78 is 10.9. The summed E-state index contributed by atoms with van der Waals surface area (Å²) in [5.41, 5.74) is 0.910. The molecule has 0 atom stereocenters. The smallest absolute Gasteiger partial charge is 0.195 e. The molecule has 0 fully saturated rings. The number of nitrogens with one attached hydrogen (secondary N) is 2. The summed E-state index contributed by atoms with van der Waals surface area (Å²) in [6.07, 6.45) is 1.91. The van der Waals surface area contributed by atoms with E-state index in [2.05, 4.69) is 22.2 Å². The first-order valence-corrected chi connectivity index (χ1v) is 8.95. The van der Waals surface area contributed by atoms with Gasteiger partial charge in [-0.25, -0.2) is 0 Å². The van der Waals surface area contributed by atoms with E-state index in [-0.39, 0.29) is 0 Å². The monoisotopic (exact) mass is 337 g/mol. The number of rotatable bonds is 10. The van der Waals surface area contributed by atoms with Crippen LogP contribution in [-0.2, 0) is 0 Å². The zero-order valence-electron chi connectivity index (χ0n) is 14.2. The second-order valence-corrected chi connectivity index (χ2v) is 5.70. The molecule has 0 heterocycles. The fourth-order valence-electron chi connectivity index (χ4n) is 1.86. The van der Waals surface area contributed by atoms with Gasteiger partial charge in [-0.05, 0) is 26.0 Å². The normalized spacial score (nSPS) is 11.0. The van der Waals surface area contributed by atoms with Gasteiger partial charge in [0.1, 0.15) is 0 Å². The highest BCUT2D eigenvalue weighted by Gasteiger charge is 2.06. The van der Waals surface area contributed by atoms with Crippen LogP contribution in [0.15, 0.2) is 35.8 Å². The SMILES string of the molecule is C=CCSCCN=C(NCC)Nc1ccc(OC)c(OCC)c1. The molecule has 23 heavy (non-hydrogen) atoms. The van der Waals surface area contributed by atoms with Gasteiger partial charge >= 0.3 is 0 Å². The molecule has 2 N–H and O–H groups in total. The second kappa shape index (κ2) is 11.7. The quantitative estimate of drug-likeness (QED) is 0.297. The first-order valence-electron chi connectivity index (χ1n) is 7.79. The fraction of sp³-hybridized carbons (Fsp3) is 0.471. The van der Waals surface area contributed by atoms with Crippen molar-refractivity contribution in [3.8, 4) is 11.5 Å². The van der Waals surface area contributed by atoms with Crippen LogP contribution in [-0.4, -0.2) is 44.3 Å². The van der Waals surface area contributed by atoms with Gasteiger partial charge in [0.2, 0.25) is 0 Å². The molecule has 1 rings (SSSR count). The number of ether oxygens (including phenoxy) is 2. The zero-order chi connectivity index (χ0) is 16.9. The summed E-state index contributed by atoms with van der Waals surface area (Å²) in [6, 6.07) is 5.75. The molecule has 0 radical (unpaired) electrons. The van der Waals surface area contributed by atoms with Crippen LogP contribution >= 0.6 is 11.8 Å². The predicted molar refractivity (Wildman–Crippen MR) is 101 cm³/mol. The van der Waals surface area contributed by atoms with Crippen molar-refractivity contribution in [3.63, 3.8) is 0 Å². The van der Waals surface area contributed by atoms with Crippen LogP contribution in [0.1, 0.15) is 13.8 Å². The first kappa shape index (κ1) is 19.2. The number of aliphatic imine (C=N–C) groups is 1. The van der Waals surface area contributed by atoms with Crippen LogP contribution in [0.5, 0.6) is 11.5 Å². The fourth-order valence-corrected chi connectivity index (χ4v) is 2.41. The first-order chi connectivity index (χ1) is 11.2. The number of methoxy groups -OCH3 is 1. The standard InChI is InChI=1S/C17H27N3O2S/c1-5-11-23-12-10-19-17(18-6-2)20-14-8-9-15(21-4)16(13-14)22-7-3/h5,8-9,13H,1,6-7,10-12H2,2-4H3,(H2,18,19,20). The predicted octanol–water partition coefficient (Wildman–Crippen LogP) is 3.39. The van der Waals surface area contributed by atoms with Gasteiger partial charge in [-0.1, -0.05) is 6.08 Å². The molecular weight excluding hydrogens is 310 g/mol. The van der Waals surface area contributed by atoms with Crippen molar-refractivity contribution in [1.29, 1.82) is 0 Å². The van der Waals surface area contributed by atoms with Crippen LogP contribution in [0.25, 0.3) is 0 Å². The summed E-state index contributed by atoms with van der Waals surface area (Å²) in [5.74, 6) is 4.13. The van der Waals surface area contributed by atoms with Crippen LogP contribution < -0.4 is 20.1 Å². The van der Waals surface area contributed by atoms with E-state index in [1.807, 2.05) is 49.9 Å². The van der Waals surface area contributed by atoms with Gasteiger partial charge in [0.15, 0.2) is 17.5 Å². The maximum atomic E-state index is 5.60. The maximum absolute atomic E-state index is 5.60. The topological polar surface area (TPSA) is 54.9 Å². The lowest BCUT2D eigenvalue weighted by Gasteiger charge is -2.14. The Morgan fingerprint density at radius 2 is 2.17 bits per heavy atom. The highest BCUT2D eigenvalue weighted by molar-refractivity contribution is 7.99. The van der Waals surface area contributed by atoms with E-state index in [0.29, 0.717) is 6.61 Å². The van der Waals surface area contributed by atoms with Gasteiger partial charge in [0, 0.05) is 29.8 Å². The zero-order valence-corrected chi connectivity index (χ0v) is 15.0. The van der Waals surface area contributed by atoms with E-state index in [9.17, 15) is 0 Å². The van der Waals surface area contributed by atoms with E-state index < -0.39 is 0 Å². The molecular formula is C17H27N3O2S. The van der Waals surface area contributed by atoms with E-state index in [1.165, 1.54) is 0 Å². The molecule has 1 aromatic rings. The molecule has 6 heteroatoms. The number of hydrogen-bond acceptors (Lipinski definition) is 4. The third-order valence-corrected chi connectivity index (χ3v) is 3.75. The Kier molecular flexibility index (Phi) is 9.79. The van der Waals surface area contributed by atoms with Gasteiger partial charge in [-0.2, -0.15) is 11.8 Å². The third kappa shape index (κ3) is 7.32. The average molecular weight is 337 g/mol. The Hall–Kier alpha value is -1.82. The van der Waals surface area contributed by atoms with Crippen LogP contribution in [0.2, 0.25) is 0 Å². The molecule has 0 aliphatic rings. The lowest BCUT2D eigenvalue weighted by molar-refractivity contribution is 0.311. The van der Waals surface area contributed by atoms with E-state index in [1.54, 1.807) is 7.11 Å². The van der Waals surface area contributed by atoms with Gasteiger partial charge in [-0.15, -0.1) is 6.58 Å². The van der Waals surface area contributed by atoms with Crippen molar-refractivity contribution in [2.24, 2.45) is 4.99 Å². The summed E-state index contributed by atoms with van der Waals surface area (Å²) in [7, 11) is 1.64. The van der Waals surface area contributed by atoms with Crippen LogP contribution in [0.4, 0.5) is 5.69 Å². The number of nitrogens with zero attached hydrogens (tertiary/aromatic N) is 1. The van der Waals surface area contributed by atoms with Crippen LogP contribution in [0, 0.1) is 0 Å². The molecule has 0 aromatic heterocycles. The van der Waals surface area contributed by atoms with Gasteiger partial charge in [-0.3, -0.25) is 4.99 Å². The van der Waals surface area contributed by atoms with E-state index >= 15 is 0 Å². The molecule has 1 aromatic carbocycles. The van der Waals surface area contributed by atoms with Crippen molar-refractivity contribution < 1.29 is 9.47 Å². The minimum atomic E-state index is 0.592. The highest BCUT2D eigenvalue weighted by Crippen LogP contribution is 2.30. The molecule has 0 spiro atoms. The average Bonchev–Trinajstić information content (AvgIpc) is 2.55. The molecule has 0 saturated heterocycles. The Labute approximate surface area is 143 Å². The van der Waals surface area contributed by atoms with Crippen molar-refractivity contribution in [1.82, 2.24) is 5.32 Å². The van der Waals surface area contributed by atoms with Crippen molar-refractivity contribution in [2.75, 3.05) is 43.6 Å². The third-order valence-electron chi connectivity index (χ3n) is 2.81. The number of thioether (sulfide) groups is 1. The van der Waals surface area contributed by atoms with Gasteiger partial charge < -0.3 is 20.1 Å². The number of hydrogen-bond donors (Lipinski definition) is 2. The van der Waals surface area contributed by atoms with Gasteiger partial charge in [0.05, 0.1) is 20.3 Å². The summed E-state index contributed by atoms with van der Waals surface area (Å²) >= 11 is 1.82. The molecule has 5 nitrogen and oxygen atoms in total. The Bertz CT molecular complexity index is 507. The second-order valence-electron chi connectivity index (χ2n) is 4.55. The van der Waals surface area contributed by atoms with Crippen molar-refractivity contribution in [2.45, 2.75) is 13.8 Å². The summed E-state index contributed by atoms with van der Waals surface area (Å²) in [5, 5.41) is 6.53. The molecule has 0 saturated carbocycles. The molecule has 128 valence electrons. The van der Waals surface area contributed by atoms with Gasteiger partial charge in [0.25, 0.3) is 0 Å². The molecule has 0 amide bonds. The number of benzene rings is 1. The van der Waals surface area contributed by atoms with E-state index in [4.69, 9.17) is 9.47 Å². The highest BCUT2D eigenvalue weighted by atomic mass is 32.2. The number of guanidine groups is 1. The van der Waals surface area contributed by atoms with E-state index in [0.717, 1.165) is 47.7 Å². The minimum Gasteiger partial charge on any atom is -0.493 e. The Balaban J connectivity index is 2.72. The summed E-state index contributed by atoms with van der Waals surface area (Å²) in [4.78, 5) is 4.57. The molecule has 0 aliphatic carbocycles. The Morgan fingerprint density at radius 1 is 1.35 bits per heavy atom. The lowest BCUT2D eigenvalue weighted by Crippen LogP contribution is -2.30. The number of anilines is 1. The van der Waals surface area contributed by atoms with Crippen molar-refractivity contribution >= 4 is 23.4 Å². The maximum Gasteiger partial charge on any atom is 0.195 e.